The van der Waals surface area contributed by atoms with E-state index >= 15 is 0 Å². The van der Waals surface area contributed by atoms with Gasteiger partial charge in [0.15, 0.2) is 0 Å². The molecule has 3 rings (SSSR count). The predicted molar refractivity (Wildman–Crippen MR) is 88.4 cm³/mol. The van der Waals surface area contributed by atoms with E-state index in [1.54, 1.807) is 4.68 Å². The Morgan fingerprint density at radius 3 is 2.41 bits per heavy atom. The third-order valence-electron chi connectivity index (χ3n) is 3.32. The van der Waals surface area contributed by atoms with Gasteiger partial charge in [-0.05, 0) is 43.3 Å². The molecule has 1 heterocycles. The van der Waals surface area contributed by atoms with Crippen molar-refractivity contribution in [2.75, 3.05) is 0 Å². The number of aryl methyl sites for hydroxylation is 1. The summed E-state index contributed by atoms with van der Waals surface area (Å²) in [6.45, 7) is 1.74. The van der Waals surface area contributed by atoms with Crippen molar-refractivity contribution in [3.05, 3.63) is 70.3 Å². The number of halogens is 1. The Kier molecular flexibility index (Phi) is 4.27. The maximum atomic E-state index is 9.64. The summed E-state index contributed by atoms with van der Waals surface area (Å²) >= 11 is 3.40. The molecule has 0 saturated heterocycles. The monoisotopic (exact) mass is 358 g/mol. The van der Waals surface area contributed by atoms with Crippen LogP contribution >= 0.6 is 15.9 Å². The number of ether oxygens (including phenoxy) is 1. The number of para-hydroxylation sites is 1. The molecule has 0 spiro atoms. The van der Waals surface area contributed by atoms with Gasteiger partial charge in [-0.1, -0.05) is 34.1 Å². The van der Waals surface area contributed by atoms with Crippen molar-refractivity contribution in [3.63, 3.8) is 0 Å². The van der Waals surface area contributed by atoms with Gasteiger partial charge in [0, 0.05) is 4.47 Å². The molecule has 4 nitrogen and oxygen atoms in total. The number of rotatable bonds is 4. The van der Waals surface area contributed by atoms with Crippen LogP contribution in [0.2, 0.25) is 0 Å². The summed E-state index contributed by atoms with van der Waals surface area (Å²) in [4.78, 5) is 0. The third-order valence-corrected chi connectivity index (χ3v) is 3.85. The lowest BCUT2D eigenvalue weighted by atomic mass is 10.2. The Morgan fingerprint density at radius 2 is 1.77 bits per heavy atom. The van der Waals surface area contributed by atoms with Crippen LogP contribution in [0.25, 0.3) is 5.69 Å². The fourth-order valence-corrected chi connectivity index (χ4v) is 2.45. The predicted octanol–water partition coefficient (Wildman–Crippen LogP) is 4.23. The van der Waals surface area contributed by atoms with Crippen LogP contribution in [0.1, 0.15) is 11.3 Å². The minimum atomic E-state index is -0.121. The number of aliphatic hydroxyl groups excluding tert-OH is 1. The first-order valence-electron chi connectivity index (χ1n) is 6.87. The third kappa shape index (κ3) is 2.91. The molecule has 0 atom stereocenters. The average molecular weight is 359 g/mol. The summed E-state index contributed by atoms with van der Waals surface area (Å²) in [7, 11) is 0. The average Bonchev–Trinajstić information content (AvgIpc) is 2.86. The van der Waals surface area contributed by atoms with Crippen LogP contribution in [0.15, 0.2) is 59.1 Å². The van der Waals surface area contributed by atoms with Crippen molar-refractivity contribution in [3.8, 4) is 17.3 Å². The van der Waals surface area contributed by atoms with Crippen LogP contribution in [0, 0.1) is 6.92 Å². The quantitative estimate of drug-likeness (QED) is 0.759. The minimum Gasteiger partial charge on any atom is -0.439 e. The summed E-state index contributed by atoms with van der Waals surface area (Å²) in [6, 6.07) is 17.3. The van der Waals surface area contributed by atoms with E-state index in [0.29, 0.717) is 17.2 Å². The molecule has 0 aliphatic rings. The zero-order chi connectivity index (χ0) is 15.5. The summed E-state index contributed by atoms with van der Waals surface area (Å²) in [5, 5.41) is 14.1. The van der Waals surface area contributed by atoms with Crippen LogP contribution in [-0.4, -0.2) is 14.9 Å². The van der Waals surface area contributed by atoms with Gasteiger partial charge in [-0.2, -0.15) is 5.10 Å². The van der Waals surface area contributed by atoms with Crippen molar-refractivity contribution >= 4 is 15.9 Å². The van der Waals surface area contributed by atoms with E-state index in [4.69, 9.17) is 4.74 Å². The number of benzene rings is 2. The lowest BCUT2D eigenvalue weighted by Gasteiger charge is -2.10. The standard InChI is InChI=1S/C17H15BrN2O2/c1-12-16(11-21)17(22-15-9-7-13(18)8-10-15)20(19-12)14-5-3-2-4-6-14/h2-10,21H,11H2,1H3. The Bertz CT molecular complexity index is 767. The molecule has 0 aliphatic heterocycles. The molecule has 1 aromatic heterocycles. The molecule has 22 heavy (non-hydrogen) atoms. The van der Waals surface area contributed by atoms with E-state index in [9.17, 15) is 5.11 Å². The first-order chi connectivity index (χ1) is 10.7. The molecule has 0 radical (unpaired) electrons. The largest absolute Gasteiger partial charge is 0.439 e. The molecule has 2 aromatic carbocycles. The molecule has 0 saturated carbocycles. The second kappa shape index (κ2) is 6.34. The van der Waals surface area contributed by atoms with E-state index in [2.05, 4.69) is 21.0 Å². The van der Waals surface area contributed by atoms with Crippen LogP contribution in [-0.2, 0) is 6.61 Å². The van der Waals surface area contributed by atoms with E-state index < -0.39 is 0 Å². The van der Waals surface area contributed by atoms with E-state index in [-0.39, 0.29) is 6.61 Å². The molecule has 0 amide bonds. The Morgan fingerprint density at radius 1 is 1.09 bits per heavy atom. The summed E-state index contributed by atoms with van der Waals surface area (Å²) in [5.74, 6) is 1.23. The highest BCUT2D eigenvalue weighted by Crippen LogP contribution is 2.31. The van der Waals surface area contributed by atoms with Gasteiger partial charge in [-0.25, -0.2) is 4.68 Å². The van der Waals surface area contributed by atoms with Crippen molar-refractivity contribution < 1.29 is 9.84 Å². The second-order valence-electron chi connectivity index (χ2n) is 4.83. The van der Waals surface area contributed by atoms with E-state index in [1.807, 2.05) is 61.5 Å². The molecule has 0 unspecified atom stereocenters. The minimum absolute atomic E-state index is 0.121. The van der Waals surface area contributed by atoms with Gasteiger partial charge < -0.3 is 9.84 Å². The zero-order valence-corrected chi connectivity index (χ0v) is 13.6. The molecule has 0 bridgehead atoms. The fourth-order valence-electron chi connectivity index (χ4n) is 2.18. The molecule has 0 aliphatic carbocycles. The topological polar surface area (TPSA) is 47.3 Å². The van der Waals surface area contributed by atoms with Gasteiger partial charge in [-0.3, -0.25) is 0 Å². The Balaban J connectivity index is 2.06. The highest BCUT2D eigenvalue weighted by molar-refractivity contribution is 9.10. The summed E-state index contributed by atoms with van der Waals surface area (Å²) in [6.07, 6.45) is 0. The van der Waals surface area contributed by atoms with E-state index in [0.717, 1.165) is 15.9 Å². The molecule has 112 valence electrons. The SMILES string of the molecule is Cc1nn(-c2ccccc2)c(Oc2ccc(Br)cc2)c1CO. The van der Waals surface area contributed by atoms with E-state index in [1.165, 1.54) is 0 Å². The molecule has 5 heteroatoms. The van der Waals surface area contributed by atoms with Gasteiger partial charge in [0.2, 0.25) is 5.88 Å². The van der Waals surface area contributed by atoms with Crippen LogP contribution < -0.4 is 4.74 Å². The first kappa shape index (κ1) is 14.8. The molecule has 0 fully saturated rings. The lowest BCUT2D eigenvalue weighted by molar-refractivity contribution is 0.275. The van der Waals surface area contributed by atoms with Crippen LogP contribution in [0.3, 0.4) is 0 Å². The van der Waals surface area contributed by atoms with Gasteiger partial charge >= 0.3 is 0 Å². The van der Waals surface area contributed by atoms with Gasteiger partial charge in [0.1, 0.15) is 5.75 Å². The van der Waals surface area contributed by atoms with Gasteiger partial charge in [0.25, 0.3) is 0 Å². The Labute approximate surface area is 137 Å². The second-order valence-corrected chi connectivity index (χ2v) is 5.75. The van der Waals surface area contributed by atoms with Crippen molar-refractivity contribution in [1.29, 1.82) is 0 Å². The highest BCUT2D eigenvalue weighted by atomic mass is 79.9. The van der Waals surface area contributed by atoms with Crippen molar-refractivity contribution in [2.45, 2.75) is 13.5 Å². The van der Waals surface area contributed by atoms with Crippen LogP contribution in [0.4, 0.5) is 0 Å². The maximum absolute atomic E-state index is 9.64. The zero-order valence-electron chi connectivity index (χ0n) is 12.0. The van der Waals surface area contributed by atoms with Crippen molar-refractivity contribution in [1.82, 2.24) is 9.78 Å². The molecular formula is C17H15BrN2O2. The first-order valence-corrected chi connectivity index (χ1v) is 7.66. The Hall–Kier alpha value is -2.11. The van der Waals surface area contributed by atoms with Gasteiger partial charge in [-0.15, -0.1) is 0 Å². The molecule has 3 aromatic rings. The number of nitrogens with zero attached hydrogens (tertiary/aromatic N) is 2. The van der Waals surface area contributed by atoms with Gasteiger partial charge in [0.05, 0.1) is 23.6 Å². The summed E-state index contributed by atoms with van der Waals surface area (Å²) < 4.78 is 8.67. The molecule has 1 N–H and O–H groups in total. The lowest BCUT2D eigenvalue weighted by Crippen LogP contribution is -2.00. The number of aliphatic hydroxyl groups is 1. The molecular weight excluding hydrogens is 344 g/mol. The fraction of sp³-hybridized carbons (Fsp3) is 0.118. The number of hydrogen-bond donors (Lipinski definition) is 1. The summed E-state index contributed by atoms with van der Waals surface area (Å²) in [5.41, 5.74) is 2.32. The maximum Gasteiger partial charge on any atom is 0.228 e. The smallest absolute Gasteiger partial charge is 0.228 e. The van der Waals surface area contributed by atoms with Crippen LogP contribution in [0.5, 0.6) is 11.6 Å². The highest BCUT2D eigenvalue weighted by Gasteiger charge is 2.18. The normalized spacial score (nSPS) is 10.7. The number of hydrogen-bond acceptors (Lipinski definition) is 3. The van der Waals surface area contributed by atoms with Crippen molar-refractivity contribution in [2.24, 2.45) is 0 Å². The number of aromatic nitrogens is 2.